The maximum Gasteiger partial charge on any atom is 1.00 e. The van der Waals surface area contributed by atoms with Crippen LogP contribution in [-0.4, -0.2) is 45.5 Å². The summed E-state index contributed by atoms with van der Waals surface area (Å²) in [6, 6.07) is 6.62. The number of ether oxygens (including phenoxy) is 1. The molecule has 0 bridgehead atoms. The monoisotopic (exact) mass is 720 g/mol. The van der Waals surface area contributed by atoms with Gasteiger partial charge in [0.05, 0.1) is 21.3 Å². The van der Waals surface area contributed by atoms with Gasteiger partial charge in [-0.2, -0.15) is 0 Å². The molecule has 0 fully saturated rings. The zero-order valence-corrected chi connectivity index (χ0v) is 35.4. The number of hydrogen-bond acceptors (Lipinski definition) is 10. The predicted molar refractivity (Wildman–Crippen MR) is 161 cm³/mol. The molecule has 0 saturated carbocycles. The average Bonchev–Trinajstić information content (AvgIpc) is 2.92. The molecule has 0 N–H and O–H groups in total. The van der Waals surface area contributed by atoms with Gasteiger partial charge in [-0.25, -0.2) is 25.3 Å². The number of rotatable bonds is 17. The minimum atomic E-state index is -5.26. The van der Waals surface area contributed by atoms with Crippen LogP contribution in [0.25, 0.3) is 32.3 Å². The smallest absolute Gasteiger partial charge is 0.744 e. The first-order valence-corrected chi connectivity index (χ1v) is 18.8. The van der Waals surface area contributed by atoms with Crippen molar-refractivity contribution in [3.8, 4) is 5.75 Å². The van der Waals surface area contributed by atoms with Crippen LogP contribution in [0.5, 0.6) is 5.75 Å². The van der Waals surface area contributed by atoms with E-state index in [9.17, 15) is 38.9 Å². The van der Waals surface area contributed by atoms with Gasteiger partial charge in [0.1, 0.15) is 36.1 Å². The van der Waals surface area contributed by atoms with Crippen molar-refractivity contribution in [2.75, 3.05) is 6.61 Å². The molecule has 4 rings (SSSR count). The quantitative estimate of drug-likeness (QED) is 0.0486. The Kier molecular flexibility index (Phi) is 18.5. The SMILES string of the molecule is CCCCCCCCCCCCCCOc1cc(S(=O)(=O)[O-])c2ccc3c(S(=O)(=O)[O-])cc(S(=O)(=O)[O-])c4ccc1c2c43.[Na+].[Na+].[Na+]. The largest absolute Gasteiger partial charge is 1.00 e. The van der Waals surface area contributed by atoms with Crippen molar-refractivity contribution in [3.63, 3.8) is 0 Å². The summed E-state index contributed by atoms with van der Waals surface area (Å²) in [6.07, 6.45) is 13.7. The molecule has 0 aliphatic heterocycles. The van der Waals surface area contributed by atoms with Crippen LogP contribution in [0.4, 0.5) is 0 Å². The summed E-state index contributed by atoms with van der Waals surface area (Å²) >= 11 is 0. The third kappa shape index (κ3) is 11.0. The van der Waals surface area contributed by atoms with Crippen LogP contribution in [0.3, 0.4) is 0 Å². The van der Waals surface area contributed by atoms with Crippen molar-refractivity contribution in [1.82, 2.24) is 0 Å². The number of unbranched alkanes of at least 4 members (excludes halogenated alkanes) is 11. The number of hydrogen-bond donors (Lipinski definition) is 0. The molecule has 0 spiro atoms. The van der Waals surface area contributed by atoms with Crippen LogP contribution in [0.15, 0.2) is 51.1 Å². The molecule has 16 heteroatoms. The Morgan fingerprint density at radius 3 is 1.22 bits per heavy atom. The van der Waals surface area contributed by atoms with E-state index in [0.29, 0.717) is 12.5 Å². The molecule has 0 heterocycles. The Morgan fingerprint density at radius 2 is 0.826 bits per heavy atom. The standard InChI is InChI=1S/C30H38O10S3.3Na/c1-2-3-4-5-6-7-8-9-10-11-12-13-18-40-25-19-26(41(31,32)33)22-16-17-24-28(43(37,38)39)20-27(42(34,35)36)23-15-14-21(25)29(22)30(23)24;;;/h14-17,19-20H,2-13,18H2,1H3,(H,31,32,33)(H,34,35,36)(H,37,38,39);;;/q;3*+1/p-3. The van der Waals surface area contributed by atoms with Gasteiger partial charge in [0.2, 0.25) is 0 Å². The normalized spacial score (nSPS) is 12.2. The van der Waals surface area contributed by atoms with Crippen LogP contribution >= 0.6 is 0 Å². The van der Waals surface area contributed by atoms with E-state index in [4.69, 9.17) is 4.74 Å². The molecule has 0 aromatic heterocycles. The molecule has 0 amide bonds. The van der Waals surface area contributed by atoms with Crippen LogP contribution in [0.1, 0.15) is 84.0 Å². The van der Waals surface area contributed by atoms with E-state index in [1.807, 2.05) is 0 Å². The molecule has 0 aliphatic rings. The molecule has 0 aliphatic carbocycles. The Bertz CT molecular complexity index is 1880. The maximum absolute atomic E-state index is 12.3. The minimum absolute atomic E-state index is 0. The summed E-state index contributed by atoms with van der Waals surface area (Å²) < 4.78 is 115. The van der Waals surface area contributed by atoms with Gasteiger partial charge in [-0.05, 0) is 24.6 Å². The zero-order valence-electron chi connectivity index (χ0n) is 27.0. The van der Waals surface area contributed by atoms with Gasteiger partial charge in [0, 0.05) is 32.3 Å². The first kappa shape index (κ1) is 44.5. The van der Waals surface area contributed by atoms with Crippen LogP contribution in [-0.2, 0) is 30.4 Å². The third-order valence-electron chi connectivity index (χ3n) is 7.81. The van der Waals surface area contributed by atoms with Gasteiger partial charge in [0.25, 0.3) is 0 Å². The van der Waals surface area contributed by atoms with Gasteiger partial charge in [0.15, 0.2) is 0 Å². The molecule has 0 atom stereocenters. The molecule has 0 saturated heterocycles. The Morgan fingerprint density at radius 1 is 0.500 bits per heavy atom. The topological polar surface area (TPSA) is 181 Å². The minimum Gasteiger partial charge on any atom is -0.744 e. The van der Waals surface area contributed by atoms with Crippen molar-refractivity contribution in [2.45, 2.75) is 98.7 Å². The average molecular weight is 721 g/mol. The summed E-state index contributed by atoms with van der Waals surface area (Å²) in [6.45, 7) is 2.41. The molecule has 46 heavy (non-hydrogen) atoms. The summed E-state index contributed by atoms with van der Waals surface area (Å²) in [7, 11) is -15.6. The van der Waals surface area contributed by atoms with E-state index < -0.39 is 45.0 Å². The molecule has 0 radical (unpaired) electrons. The molecule has 0 unspecified atom stereocenters. The Labute approximate surface area is 338 Å². The van der Waals surface area contributed by atoms with Crippen LogP contribution < -0.4 is 93.4 Å². The second kappa shape index (κ2) is 19.2. The van der Waals surface area contributed by atoms with Gasteiger partial charge in [-0.3, -0.25) is 0 Å². The summed E-state index contributed by atoms with van der Waals surface area (Å²) in [4.78, 5) is -2.54. The third-order valence-corrected chi connectivity index (χ3v) is 10.4. The predicted octanol–water partition coefficient (Wildman–Crippen LogP) is -2.61. The molecule has 236 valence electrons. The van der Waals surface area contributed by atoms with E-state index >= 15 is 0 Å². The summed E-state index contributed by atoms with van der Waals surface area (Å²) in [5.74, 6) is 0.0290. The molecular formula is C30H35Na3O10S3. The van der Waals surface area contributed by atoms with Crippen LogP contribution in [0, 0.1) is 0 Å². The maximum atomic E-state index is 12.3. The second-order valence-electron chi connectivity index (χ2n) is 10.9. The molecule has 4 aromatic carbocycles. The first-order valence-electron chi connectivity index (χ1n) is 14.5. The molecular weight excluding hydrogens is 685 g/mol. The van der Waals surface area contributed by atoms with Gasteiger partial charge >= 0.3 is 88.7 Å². The van der Waals surface area contributed by atoms with Crippen molar-refractivity contribution >= 4 is 62.7 Å². The number of benzene rings is 4. The van der Waals surface area contributed by atoms with E-state index in [0.717, 1.165) is 37.8 Å². The van der Waals surface area contributed by atoms with Crippen molar-refractivity contribution in [3.05, 3.63) is 36.4 Å². The van der Waals surface area contributed by atoms with E-state index in [2.05, 4.69) is 6.92 Å². The van der Waals surface area contributed by atoms with Crippen molar-refractivity contribution < 1.29 is 132 Å². The van der Waals surface area contributed by atoms with Gasteiger partial charge < -0.3 is 18.4 Å². The first-order chi connectivity index (χ1) is 20.2. The zero-order chi connectivity index (χ0) is 31.4. The fourth-order valence-corrected chi connectivity index (χ4v) is 7.90. The van der Waals surface area contributed by atoms with E-state index in [1.54, 1.807) is 0 Å². The second-order valence-corrected chi connectivity index (χ2v) is 15.0. The van der Waals surface area contributed by atoms with E-state index in [1.165, 1.54) is 63.1 Å². The fourth-order valence-electron chi connectivity index (χ4n) is 5.73. The fraction of sp³-hybridized carbons (Fsp3) is 0.467. The Hall–Kier alpha value is 0.450. The molecule has 10 nitrogen and oxygen atoms in total. The van der Waals surface area contributed by atoms with Gasteiger partial charge in [-0.1, -0.05) is 95.8 Å². The summed E-state index contributed by atoms with van der Waals surface area (Å²) in [5, 5.41) is -0.385. The van der Waals surface area contributed by atoms with Crippen LogP contribution in [0.2, 0.25) is 0 Å². The van der Waals surface area contributed by atoms with Gasteiger partial charge in [-0.15, -0.1) is 0 Å². The summed E-state index contributed by atoms with van der Waals surface area (Å²) in [5.41, 5.74) is 0. The Balaban J connectivity index is 0.00000353. The van der Waals surface area contributed by atoms with E-state index in [-0.39, 0.29) is 133 Å². The molecule has 4 aromatic rings. The van der Waals surface area contributed by atoms with Crippen molar-refractivity contribution in [2.24, 2.45) is 0 Å². The van der Waals surface area contributed by atoms with Crippen molar-refractivity contribution in [1.29, 1.82) is 0 Å².